The Hall–Kier alpha value is -2.09. The summed E-state index contributed by atoms with van der Waals surface area (Å²) in [6.45, 7) is 10.4. The number of unbranched alkanes of at least 4 members (excludes halogenated alkanes) is 1. The molecular weight excluding hydrogens is 304 g/mol. The fourth-order valence-corrected chi connectivity index (χ4v) is 3.46. The van der Waals surface area contributed by atoms with Crippen molar-refractivity contribution in [3.8, 4) is 0 Å². The van der Waals surface area contributed by atoms with Gasteiger partial charge in [0.1, 0.15) is 0 Å². The fourth-order valence-electron chi connectivity index (χ4n) is 3.46. The minimum atomic E-state index is 0.596. The van der Waals surface area contributed by atoms with Crippen LogP contribution in [0.4, 0.5) is 0 Å². The molecule has 0 saturated heterocycles. The van der Waals surface area contributed by atoms with Crippen LogP contribution in [0.2, 0.25) is 0 Å². The van der Waals surface area contributed by atoms with Crippen LogP contribution in [0.3, 0.4) is 0 Å². The smallest absolute Gasteiger partial charge is 0.0493 e. The number of aliphatic imine (C=N–C) groups is 1. The van der Waals surface area contributed by atoms with Gasteiger partial charge in [-0.2, -0.15) is 0 Å². The van der Waals surface area contributed by atoms with Crippen molar-refractivity contribution < 1.29 is 0 Å². The van der Waals surface area contributed by atoms with Gasteiger partial charge in [-0.15, -0.1) is 0 Å². The Morgan fingerprint density at radius 2 is 2.04 bits per heavy atom. The lowest BCUT2D eigenvalue weighted by atomic mass is 9.87. The average Bonchev–Trinajstić information content (AvgIpc) is 2.93. The van der Waals surface area contributed by atoms with Crippen molar-refractivity contribution in [1.82, 2.24) is 4.57 Å². The Morgan fingerprint density at radius 1 is 1.24 bits per heavy atom. The second kappa shape index (κ2) is 9.41. The summed E-state index contributed by atoms with van der Waals surface area (Å²) >= 11 is 0. The molecule has 0 saturated carbocycles. The Bertz CT molecular complexity index is 721. The third-order valence-corrected chi connectivity index (χ3v) is 5.09. The van der Waals surface area contributed by atoms with Gasteiger partial charge in [0.05, 0.1) is 0 Å². The van der Waals surface area contributed by atoms with E-state index in [9.17, 15) is 0 Å². The van der Waals surface area contributed by atoms with Crippen molar-refractivity contribution in [3.63, 3.8) is 0 Å². The topological polar surface area (TPSA) is 17.3 Å². The van der Waals surface area contributed by atoms with Gasteiger partial charge in [-0.25, -0.2) is 0 Å². The second-order valence-electron chi connectivity index (χ2n) is 6.98. The van der Waals surface area contributed by atoms with Crippen molar-refractivity contribution >= 4 is 5.71 Å². The molecule has 0 aliphatic rings. The summed E-state index contributed by atoms with van der Waals surface area (Å²) in [5, 5.41) is 0. The lowest BCUT2D eigenvalue weighted by Crippen LogP contribution is -2.07. The highest BCUT2D eigenvalue weighted by atomic mass is 14.9. The van der Waals surface area contributed by atoms with E-state index < -0.39 is 0 Å². The van der Waals surface area contributed by atoms with Crippen molar-refractivity contribution in [2.75, 3.05) is 0 Å². The van der Waals surface area contributed by atoms with Gasteiger partial charge in [0.15, 0.2) is 0 Å². The van der Waals surface area contributed by atoms with Crippen molar-refractivity contribution in [2.45, 2.75) is 58.8 Å². The molecule has 2 aromatic rings. The lowest BCUT2D eigenvalue weighted by molar-refractivity contribution is 0.557. The van der Waals surface area contributed by atoms with E-state index in [2.05, 4.69) is 80.5 Å². The van der Waals surface area contributed by atoms with E-state index in [1.807, 2.05) is 0 Å². The molecule has 1 heterocycles. The highest BCUT2D eigenvalue weighted by Gasteiger charge is 2.15. The summed E-state index contributed by atoms with van der Waals surface area (Å²) < 4.78 is 2.16. The predicted molar refractivity (Wildman–Crippen MR) is 110 cm³/mol. The molecule has 2 heteroatoms. The maximum absolute atomic E-state index is 4.60. The Kier molecular flexibility index (Phi) is 7.24. The molecule has 0 bridgehead atoms. The van der Waals surface area contributed by atoms with Crippen LogP contribution in [-0.4, -0.2) is 10.3 Å². The van der Waals surface area contributed by atoms with Gasteiger partial charge in [-0.3, -0.25) is 4.99 Å². The standard InChI is InChI=1S/C23H32N2/c1-6-8-11-20(21-12-9-10-18(3)17-21)13-14-23(24-7-2)22-15-16-25(5)19(22)4/h7,9-10,12,15-17,20H,2,6,8,11,13-14H2,1,3-5H3. The average molecular weight is 337 g/mol. The van der Waals surface area contributed by atoms with Crippen LogP contribution in [0.25, 0.3) is 0 Å². The van der Waals surface area contributed by atoms with Crippen LogP contribution in [0.5, 0.6) is 0 Å². The van der Waals surface area contributed by atoms with E-state index in [1.54, 1.807) is 6.20 Å². The van der Waals surface area contributed by atoms with Crippen LogP contribution in [0.1, 0.15) is 67.3 Å². The SMILES string of the molecule is C=CN=C(CCC(CCCC)c1cccc(C)c1)c1ccn(C)c1C. The molecular formula is C23H32N2. The maximum atomic E-state index is 4.60. The van der Waals surface area contributed by atoms with E-state index in [0.29, 0.717) is 5.92 Å². The molecule has 0 fully saturated rings. The van der Waals surface area contributed by atoms with E-state index in [-0.39, 0.29) is 0 Å². The van der Waals surface area contributed by atoms with Gasteiger partial charge in [-0.05, 0) is 50.7 Å². The Labute approximate surface area is 153 Å². The summed E-state index contributed by atoms with van der Waals surface area (Å²) in [5.41, 5.74) is 6.48. The quantitative estimate of drug-likeness (QED) is 0.476. The third kappa shape index (κ3) is 5.19. The molecule has 0 spiro atoms. The van der Waals surface area contributed by atoms with Gasteiger partial charge in [0.25, 0.3) is 0 Å². The number of rotatable bonds is 9. The fraction of sp³-hybridized carbons (Fsp3) is 0.435. The zero-order valence-corrected chi connectivity index (χ0v) is 16.3. The number of hydrogen-bond donors (Lipinski definition) is 0. The summed E-state index contributed by atoms with van der Waals surface area (Å²) in [4.78, 5) is 4.60. The predicted octanol–water partition coefficient (Wildman–Crippen LogP) is 6.33. The number of aromatic nitrogens is 1. The highest BCUT2D eigenvalue weighted by molar-refractivity contribution is 6.02. The molecule has 0 N–H and O–H groups in total. The van der Waals surface area contributed by atoms with Crippen molar-refractivity contribution in [3.05, 3.63) is 71.7 Å². The first-order valence-corrected chi connectivity index (χ1v) is 9.43. The normalized spacial score (nSPS) is 13.0. The minimum Gasteiger partial charge on any atom is -0.354 e. The van der Waals surface area contributed by atoms with E-state index in [4.69, 9.17) is 0 Å². The molecule has 1 atom stereocenters. The first kappa shape index (κ1) is 19.2. The number of nitrogens with zero attached hydrogens (tertiary/aromatic N) is 2. The van der Waals surface area contributed by atoms with Crippen LogP contribution < -0.4 is 0 Å². The zero-order chi connectivity index (χ0) is 18.2. The highest BCUT2D eigenvalue weighted by Crippen LogP contribution is 2.29. The van der Waals surface area contributed by atoms with Crippen LogP contribution in [0, 0.1) is 13.8 Å². The zero-order valence-electron chi connectivity index (χ0n) is 16.3. The van der Waals surface area contributed by atoms with Crippen LogP contribution in [0.15, 0.2) is 54.3 Å². The number of benzene rings is 1. The molecule has 1 aromatic carbocycles. The summed E-state index contributed by atoms with van der Waals surface area (Å²) in [5.74, 6) is 0.596. The molecule has 0 aliphatic heterocycles. The summed E-state index contributed by atoms with van der Waals surface area (Å²) in [6, 6.07) is 11.2. The van der Waals surface area contributed by atoms with Gasteiger partial charge in [0, 0.05) is 36.4 Å². The second-order valence-corrected chi connectivity index (χ2v) is 6.98. The number of aryl methyl sites for hydroxylation is 2. The monoisotopic (exact) mass is 336 g/mol. The molecule has 2 nitrogen and oxygen atoms in total. The van der Waals surface area contributed by atoms with Gasteiger partial charge < -0.3 is 4.57 Å². The first-order valence-electron chi connectivity index (χ1n) is 9.43. The van der Waals surface area contributed by atoms with Gasteiger partial charge in [0.2, 0.25) is 0 Å². The lowest BCUT2D eigenvalue weighted by Gasteiger charge is -2.18. The van der Waals surface area contributed by atoms with Gasteiger partial charge in [-0.1, -0.05) is 56.2 Å². The Morgan fingerprint density at radius 3 is 2.64 bits per heavy atom. The summed E-state index contributed by atoms with van der Waals surface area (Å²) in [6.07, 6.45) is 9.66. The molecule has 0 aliphatic carbocycles. The van der Waals surface area contributed by atoms with E-state index in [1.165, 1.54) is 41.6 Å². The minimum absolute atomic E-state index is 0.596. The van der Waals surface area contributed by atoms with E-state index in [0.717, 1.165) is 18.6 Å². The maximum Gasteiger partial charge on any atom is 0.0493 e. The van der Waals surface area contributed by atoms with E-state index >= 15 is 0 Å². The molecule has 134 valence electrons. The molecule has 0 amide bonds. The summed E-state index contributed by atoms with van der Waals surface area (Å²) in [7, 11) is 2.08. The Balaban J connectivity index is 2.18. The molecule has 25 heavy (non-hydrogen) atoms. The third-order valence-electron chi connectivity index (χ3n) is 5.09. The van der Waals surface area contributed by atoms with Crippen LogP contribution >= 0.6 is 0 Å². The largest absolute Gasteiger partial charge is 0.354 e. The number of hydrogen-bond acceptors (Lipinski definition) is 1. The van der Waals surface area contributed by atoms with Gasteiger partial charge >= 0.3 is 0 Å². The molecule has 1 aromatic heterocycles. The molecule has 1 unspecified atom stereocenters. The molecule has 0 radical (unpaired) electrons. The van der Waals surface area contributed by atoms with Crippen molar-refractivity contribution in [1.29, 1.82) is 0 Å². The molecule has 2 rings (SSSR count). The van der Waals surface area contributed by atoms with Crippen molar-refractivity contribution in [2.24, 2.45) is 12.0 Å². The first-order chi connectivity index (χ1) is 12.1. The van der Waals surface area contributed by atoms with Crippen LogP contribution in [-0.2, 0) is 7.05 Å².